The molecule has 6 heteroatoms. The quantitative estimate of drug-likeness (QED) is 0.443. The van der Waals surface area contributed by atoms with Crippen LogP contribution in [0.25, 0.3) is 0 Å². The van der Waals surface area contributed by atoms with Gasteiger partial charge in [0.05, 0.1) is 10.6 Å². The van der Waals surface area contributed by atoms with Crippen molar-refractivity contribution in [2.45, 2.75) is 38.5 Å². The summed E-state index contributed by atoms with van der Waals surface area (Å²) in [4.78, 5) is 0.527. The molecule has 0 spiro atoms. The highest BCUT2D eigenvalue weighted by Crippen LogP contribution is 2.30. The van der Waals surface area contributed by atoms with Gasteiger partial charge in [0.15, 0.2) is 9.84 Å². The van der Waals surface area contributed by atoms with Crippen molar-refractivity contribution in [2.75, 3.05) is 18.8 Å². The molecule has 0 amide bonds. The molecule has 0 bridgehead atoms. The lowest BCUT2D eigenvalue weighted by Gasteiger charge is -2.16. The summed E-state index contributed by atoms with van der Waals surface area (Å²) < 4.78 is 27.4. The zero-order valence-corrected chi connectivity index (χ0v) is 17.2. The number of nitrogens with one attached hydrogen (secondary N) is 1. The molecule has 0 aliphatic carbocycles. The Kier molecular flexibility index (Phi) is 7.72. The molecular weight excluding hydrogens is 500 g/mol. The highest BCUT2D eigenvalue weighted by atomic mass is 127. The zero-order chi connectivity index (χ0) is 15.3. The molecule has 0 atom stereocenters. The molecule has 0 saturated heterocycles. The Morgan fingerprint density at radius 1 is 1.10 bits per heavy atom. The van der Waals surface area contributed by atoms with Crippen LogP contribution < -0.4 is 5.32 Å². The molecule has 0 unspecified atom stereocenters. The van der Waals surface area contributed by atoms with Crippen molar-refractivity contribution in [1.29, 1.82) is 0 Å². The van der Waals surface area contributed by atoms with Gasteiger partial charge in [-0.3, -0.25) is 0 Å². The van der Waals surface area contributed by atoms with E-state index in [1.165, 1.54) is 9.13 Å². The summed E-state index contributed by atoms with van der Waals surface area (Å²) in [5, 5.41) is 3.08. The number of halogens is 2. The molecule has 0 saturated carbocycles. The van der Waals surface area contributed by atoms with Crippen molar-refractivity contribution in [1.82, 2.24) is 5.32 Å². The molecule has 3 nitrogen and oxygen atoms in total. The van der Waals surface area contributed by atoms with Gasteiger partial charge in [-0.25, -0.2) is 8.42 Å². The third-order valence-corrected chi connectivity index (χ3v) is 8.12. The average molecular weight is 521 g/mol. The summed E-state index contributed by atoms with van der Waals surface area (Å²) in [7, 11) is -3.22. The van der Waals surface area contributed by atoms with Crippen molar-refractivity contribution >= 4 is 55.0 Å². The summed E-state index contributed by atoms with van der Waals surface area (Å²) in [6, 6.07) is 1.83. The fourth-order valence-electron chi connectivity index (χ4n) is 2.22. The third-order valence-electron chi connectivity index (χ3n) is 3.23. The minimum Gasteiger partial charge on any atom is -0.316 e. The molecule has 1 N–H and O–H groups in total. The van der Waals surface area contributed by atoms with Crippen molar-refractivity contribution in [3.63, 3.8) is 0 Å². The molecule has 0 fully saturated rings. The maximum atomic E-state index is 12.6. The second-order valence-electron chi connectivity index (χ2n) is 4.51. The van der Waals surface area contributed by atoms with Gasteiger partial charge in [-0.05, 0) is 81.8 Å². The summed E-state index contributed by atoms with van der Waals surface area (Å²) in [6.07, 6.45) is 1.62. The van der Waals surface area contributed by atoms with Gasteiger partial charge in [0.2, 0.25) is 0 Å². The number of hydrogen-bond acceptors (Lipinski definition) is 3. The maximum Gasteiger partial charge on any atom is 0.179 e. The van der Waals surface area contributed by atoms with Crippen LogP contribution in [0.4, 0.5) is 0 Å². The van der Waals surface area contributed by atoms with E-state index in [9.17, 15) is 8.42 Å². The zero-order valence-electron chi connectivity index (χ0n) is 12.1. The molecule has 1 aromatic rings. The minimum atomic E-state index is -3.22. The largest absolute Gasteiger partial charge is 0.316 e. The van der Waals surface area contributed by atoms with Crippen LogP contribution in [0.5, 0.6) is 0 Å². The molecule has 0 aromatic heterocycles. The van der Waals surface area contributed by atoms with E-state index in [4.69, 9.17) is 0 Å². The molecule has 20 heavy (non-hydrogen) atoms. The van der Waals surface area contributed by atoms with Crippen LogP contribution in [-0.4, -0.2) is 27.3 Å². The number of sulfone groups is 1. The fourth-order valence-corrected chi connectivity index (χ4v) is 5.50. The number of benzene rings is 1. The van der Waals surface area contributed by atoms with Gasteiger partial charge in [0.25, 0.3) is 0 Å². The van der Waals surface area contributed by atoms with Gasteiger partial charge in [-0.1, -0.05) is 20.8 Å². The van der Waals surface area contributed by atoms with Gasteiger partial charge in [0, 0.05) is 13.7 Å². The first-order valence-electron chi connectivity index (χ1n) is 6.82. The smallest absolute Gasteiger partial charge is 0.179 e. The average Bonchev–Trinajstić information content (AvgIpc) is 2.41. The van der Waals surface area contributed by atoms with E-state index in [1.54, 1.807) is 0 Å². The Bertz CT molecular complexity index is 571. The lowest BCUT2D eigenvalue weighted by molar-refractivity contribution is 0.590. The Hall–Kier alpha value is 0.590. The summed E-state index contributed by atoms with van der Waals surface area (Å²) in [5.74, 6) is 0.160. The van der Waals surface area contributed by atoms with Crippen LogP contribution in [-0.2, 0) is 22.7 Å². The van der Waals surface area contributed by atoms with Crippen molar-refractivity contribution in [3.8, 4) is 0 Å². The number of rotatable bonds is 7. The Labute approximate surface area is 149 Å². The monoisotopic (exact) mass is 521 g/mol. The highest BCUT2D eigenvalue weighted by molar-refractivity contribution is 14.1. The molecule has 1 rings (SSSR count). The molecule has 0 aliphatic heterocycles. The van der Waals surface area contributed by atoms with Crippen molar-refractivity contribution in [3.05, 3.63) is 24.3 Å². The van der Waals surface area contributed by atoms with Crippen LogP contribution in [0, 0.1) is 7.14 Å². The molecule has 0 aliphatic rings. The fraction of sp³-hybridized carbons (Fsp3) is 0.571. The first-order valence-corrected chi connectivity index (χ1v) is 10.6. The Morgan fingerprint density at radius 3 is 2.20 bits per heavy atom. The lowest BCUT2D eigenvalue weighted by atomic mass is 10.0. The van der Waals surface area contributed by atoms with E-state index in [2.05, 4.69) is 57.4 Å². The van der Waals surface area contributed by atoms with Crippen LogP contribution >= 0.6 is 45.2 Å². The van der Waals surface area contributed by atoms with Crippen LogP contribution in [0.2, 0.25) is 0 Å². The van der Waals surface area contributed by atoms with Gasteiger partial charge in [-0.15, -0.1) is 0 Å². The van der Waals surface area contributed by atoms with Gasteiger partial charge >= 0.3 is 0 Å². The van der Waals surface area contributed by atoms with Gasteiger partial charge < -0.3 is 5.32 Å². The molecule has 114 valence electrons. The normalized spacial score (nSPS) is 11.8. The van der Waals surface area contributed by atoms with E-state index in [0.717, 1.165) is 28.5 Å². The van der Waals surface area contributed by atoms with Crippen molar-refractivity contribution in [2.24, 2.45) is 0 Å². The summed E-state index contributed by atoms with van der Waals surface area (Å²) in [5.41, 5.74) is 2.18. The van der Waals surface area contributed by atoms with Gasteiger partial charge in [0.1, 0.15) is 0 Å². The van der Waals surface area contributed by atoms with E-state index >= 15 is 0 Å². The second kappa shape index (κ2) is 8.28. The SMILES string of the molecule is CCNCCS(=O)(=O)c1cc(I)c(I)c(CC)c1CC. The molecule has 0 heterocycles. The Balaban J connectivity index is 3.33. The van der Waals surface area contributed by atoms with Crippen LogP contribution in [0.1, 0.15) is 31.9 Å². The Morgan fingerprint density at radius 2 is 1.70 bits per heavy atom. The summed E-state index contributed by atoms with van der Waals surface area (Å²) >= 11 is 4.55. The minimum absolute atomic E-state index is 0.160. The highest BCUT2D eigenvalue weighted by Gasteiger charge is 2.22. The first-order chi connectivity index (χ1) is 9.38. The topological polar surface area (TPSA) is 46.2 Å². The molecule has 1 aromatic carbocycles. The molecule has 0 radical (unpaired) electrons. The number of hydrogen-bond donors (Lipinski definition) is 1. The first kappa shape index (κ1) is 18.6. The predicted molar refractivity (Wildman–Crippen MR) is 101 cm³/mol. The second-order valence-corrected chi connectivity index (χ2v) is 8.83. The lowest BCUT2D eigenvalue weighted by Crippen LogP contribution is -2.23. The summed E-state index contributed by atoms with van der Waals surface area (Å²) in [6.45, 7) is 7.39. The van der Waals surface area contributed by atoms with E-state index < -0.39 is 9.84 Å². The van der Waals surface area contributed by atoms with Crippen LogP contribution in [0.3, 0.4) is 0 Å². The van der Waals surface area contributed by atoms with Crippen LogP contribution in [0.15, 0.2) is 11.0 Å². The third kappa shape index (κ3) is 4.30. The van der Waals surface area contributed by atoms with E-state index in [0.29, 0.717) is 11.4 Å². The van der Waals surface area contributed by atoms with Gasteiger partial charge in [-0.2, -0.15) is 0 Å². The predicted octanol–water partition coefficient (Wildman–Crippen LogP) is 3.40. The van der Waals surface area contributed by atoms with E-state index in [1.807, 2.05) is 19.9 Å². The molecular formula is C14H21I2NO2S. The maximum absolute atomic E-state index is 12.6. The standard InChI is InChI=1S/C14H21I2NO2S/c1-4-10-11(5-2)14(16)12(15)9-13(10)20(18,19)8-7-17-6-3/h9,17H,4-8H2,1-3H3. The van der Waals surface area contributed by atoms with E-state index in [-0.39, 0.29) is 5.75 Å². The van der Waals surface area contributed by atoms with Crippen molar-refractivity contribution < 1.29 is 8.42 Å².